The van der Waals surface area contributed by atoms with E-state index >= 15 is 0 Å². The van der Waals surface area contributed by atoms with Gasteiger partial charge in [-0.05, 0) is 122 Å². The molecule has 0 spiro atoms. The van der Waals surface area contributed by atoms with Gasteiger partial charge in [0.2, 0.25) is 41.4 Å². The number of rotatable bonds is 22. The molecule has 23 heteroatoms. The van der Waals surface area contributed by atoms with Crippen molar-refractivity contribution in [1.29, 1.82) is 0 Å². The van der Waals surface area contributed by atoms with Crippen molar-refractivity contribution >= 4 is 52.3 Å². The van der Waals surface area contributed by atoms with Crippen LogP contribution in [0.25, 0.3) is 10.9 Å². The number of nitrogens with one attached hydrogen (secondary N) is 6. The van der Waals surface area contributed by atoms with Crippen molar-refractivity contribution in [2.45, 2.75) is 128 Å². The highest BCUT2D eigenvalue weighted by molar-refractivity contribution is 5.97. The van der Waals surface area contributed by atoms with Crippen LogP contribution in [0.15, 0.2) is 91.1 Å². The van der Waals surface area contributed by atoms with Crippen LogP contribution in [0.3, 0.4) is 0 Å². The molecule has 2 heterocycles. The molecule has 430 valence electrons. The van der Waals surface area contributed by atoms with Gasteiger partial charge < -0.3 is 52.2 Å². The summed E-state index contributed by atoms with van der Waals surface area (Å²) >= 11 is 0. The zero-order chi connectivity index (χ0) is 58.8. The molecular formula is C57H67F6N9O8. The van der Waals surface area contributed by atoms with Crippen LogP contribution in [-0.4, -0.2) is 118 Å². The Balaban J connectivity index is 1.15. The number of hydrogen-bond donors (Lipinski definition) is 8. The number of aromatic hydroxyl groups is 1. The van der Waals surface area contributed by atoms with Crippen molar-refractivity contribution < 1.29 is 65.0 Å². The number of phenols is 1. The number of H-pyrrole nitrogens is 1. The van der Waals surface area contributed by atoms with Crippen molar-refractivity contribution in [1.82, 2.24) is 41.4 Å². The molecule has 4 aromatic carbocycles. The van der Waals surface area contributed by atoms with Crippen LogP contribution in [0.4, 0.5) is 26.3 Å². The molecular weight excluding hydrogens is 1050 g/mol. The number of amides is 7. The maximum atomic E-state index is 14.7. The van der Waals surface area contributed by atoms with E-state index in [4.69, 9.17) is 5.73 Å². The van der Waals surface area contributed by atoms with Gasteiger partial charge in [-0.3, -0.25) is 33.6 Å². The lowest BCUT2D eigenvalue weighted by atomic mass is 9.96. The monoisotopic (exact) mass is 1120 g/mol. The average molecular weight is 1120 g/mol. The number of aromatic amines is 1. The van der Waals surface area contributed by atoms with Gasteiger partial charge in [-0.15, -0.1) is 0 Å². The second kappa shape index (κ2) is 26.3. The Morgan fingerprint density at radius 3 is 1.99 bits per heavy atom. The van der Waals surface area contributed by atoms with Crippen LogP contribution in [0.2, 0.25) is 0 Å². The van der Waals surface area contributed by atoms with Crippen molar-refractivity contribution in [3.8, 4) is 5.75 Å². The SMILES string of the molecule is Cc1cc(O)cc(C)c1C[C@H](N)C(=O)N[C@@H](C)C(=O)NCC(=O)N(C)[C@@H](Cc1ccccc1)C(=O)N1CCC[C@H]1C(=O)N[C@@H](CC(C)C)C(=O)N[C@@H](Cc1c[nH]c2ccccc12)C(=O)NCc1cc(C(F)(F)F)cc(C(F)(F)F)c1. The van der Waals surface area contributed by atoms with E-state index in [0.29, 0.717) is 40.6 Å². The number of nitrogens with two attached hydrogens (primary N) is 1. The van der Waals surface area contributed by atoms with Crippen LogP contribution in [0.1, 0.15) is 84.5 Å². The number of carbonyl (C=O) groups is 7. The second-order valence-corrected chi connectivity index (χ2v) is 20.7. The van der Waals surface area contributed by atoms with Gasteiger partial charge in [0.15, 0.2) is 0 Å². The Kier molecular flexibility index (Phi) is 20.2. The predicted molar refractivity (Wildman–Crippen MR) is 285 cm³/mol. The molecule has 1 aromatic heterocycles. The second-order valence-electron chi connectivity index (χ2n) is 20.7. The lowest BCUT2D eigenvalue weighted by Crippen LogP contribution is -2.59. The van der Waals surface area contributed by atoms with Crippen molar-refractivity contribution in [3.05, 3.63) is 136 Å². The number of likely N-dealkylation sites (tertiary alicyclic amines) is 1. The number of halogens is 6. The average Bonchev–Trinajstić information content (AvgIpc) is 4.06. The Morgan fingerprint density at radius 1 is 0.738 bits per heavy atom. The molecule has 0 bridgehead atoms. The van der Waals surface area contributed by atoms with Gasteiger partial charge in [-0.1, -0.05) is 62.4 Å². The molecule has 7 amide bonds. The first-order valence-corrected chi connectivity index (χ1v) is 26.1. The molecule has 1 aliphatic heterocycles. The van der Waals surface area contributed by atoms with Crippen LogP contribution >= 0.6 is 0 Å². The fraction of sp³-hybridized carbons (Fsp3) is 0.421. The van der Waals surface area contributed by atoms with Gasteiger partial charge in [0.25, 0.3) is 0 Å². The number of carbonyl (C=O) groups excluding carboxylic acids is 7. The maximum Gasteiger partial charge on any atom is 0.416 e. The number of alkyl halides is 6. The van der Waals surface area contributed by atoms with E-state index in [2.05, 4.69) is 31.6 Å². The molecule has 0 unspecified atom stereocenters. The van der Waals surface area contributed by atoms with Gasteiger partial charge in [0, 0.05) is 50.1 Å². The van der Waals surface area contributed by atoms with E-state index in [0.717, 1.165) is 16.7 Å². The van der Waals surface area contributed by atoms with Crippen LogP contribution in [-0.2, 0) is 71.7 Å². The van der Waals surface area contributed by atoms with E-state index in [1.807, 2.05) is 0 Å². The number of nitrogens with zero attached hydrogens (tertiary/aromatic N) is 2. The van der Waals surface area contributed by atoms with Gasteiger partial charge in [0.05, 0.1) is 23.7 Å². The minimum absolute atomic E-state index is 0.000541. The van der Waals surface area contributed by atoms with Gasteiger partial charge >= 0.3 is 12.4 Å². The first kappa shape index (κ1) is 61.3. The highest BCUT2D eigenvalue weighted by Gasteiger charge is 2.42. The molecule has 1 aliphatic rings. The van der Waals surface area contributed by atoms with E-state index < -0.39 is 120 Å². The maximum absolute atomic E-state index is 14.7. The van der Waals surface area contributed by atoms with Crippen molar-refractivity contribution in [2.24, 2.45) is 11.7 Å². The van der Waals surface area contributed by atoms with Crippen LogP contribution in [0, 0.1) is 19.8 Å². The molecule has 1 fully saturated rings. The Morgan fingerprint density at radius 2 is 1.36 bits per heavy atom. The van der Waals surface area contributed by atoms with Crippen LogP contribution < -0.4 is 32.3 Å². The Hall–Kier alpha value is -7.95. The molecule has 6 rings (SSSR count). The number of fused-ring (bicyclic) bond motifs is 1. The van der Waals surface area contributed by atoms with Gasteiger partial charge in [-0.2, -0.15) is 26.3 Å². The van der Waals surface area contributed by atoms with E-state index in [-0.39, 0.29) is 56.4 Å². The smallest absolute Gasteiger partial charge is 0.416 e. The van der Waals surface area contributed by atoms with Crippen molar-refractivity contribution in [3.63, 3.8) is 0 Å². The largest absolute Gasteiger partial charge is 0.508 e. The number of benzene rings is 4. The summed E-state index contributed by atoms with van der Waals surface area (Å²) in [6.07, 6.45) is -8.20. The predicted octanol–water partition coefficient (Wildman–Crippen LogP) is 5.65. The number of aryl methyl sites for hydroxylation is 2. The summed E-state index contributed by atoms with van der Waals surface area (Å²) in [6.45, 7) is 7.25. The minimum Gasteiger partial charge on any atom is -0.508 e. The summed E-state index contributed by atoms with van der Waals surface area (Å²) in [5.41, 5.74) is 6.66. The lowest BCUT2D eigenvalue weighted by Gasteiger charge is -2.34. The fourth-order valence-electron chi connectivity index (χ4n) is 9.73. The number of likely N-dealkylation sites (N-methyl/N-ethyl adjacent to an activating group) is 1. The molecule has 80 heavy (non-hydrogen) atoms. The number of para-hydroxylation sites is 1. The number of phenolic OH excluding ortho intramolecular Hbond substituents is 1. The molecule has 0 saturated carbocycles. The fourth-order valence-corrected chi connectivity index (χ4v) is 9.73. The third-order valence-corrected chi connectivity index (χ3v) is 14.1. The topological polar surface area (TPSA) is 248 Å². The zero-order valence-electron chi connectivity index (χ0n) is 45.1. The van der Waals surface area contributed by atoms with Crippen LogP contribution in [0.5, 0.6) is 5.75 Å². The lowest BCUT2D eigenvalue weighted by molar-refractivity contribution is -0.147. The highest BCUT2D eigenvalue weighted by atomic mass is 19.4. The summed E-state index contributed by atoms with van der Waals surface area (Å²) in [7, 11) is 1.38. The minimum atomic E-state index is -5.14. The number of hydrogen-bond acceptors (Lipinski definition) is 9. The third kappa shape index (κ3) is 16.1. The van der Waals surface area contributed by atoms with Gasteiger partial charge in [-0.25, -0.2) is 0 Å². The number of aromatic nitrogens is 1. The normalized spacial score (nSPS) is 15.6. The van der Waals surface area contributed by atoms with Crippen molar-refractivity contribution in [2.75, 3.05) is 20.1 Å². The summed E-state index contributed by atoms with van der Waals surface area (Å²) in [6, 6.07) is 12.5. The van der Waals surface area contributed by atoms with E-state index in [1.165, 1.54) is 23.8 Å². The Bertz CT molecular complexity index is 3000. The molecule has 9 N–H and O–H groups in total. The van der Waals surface area contributed by atoms with E-state index in [9.17, 15) is 65.0 Å². The molecule has 6 atom stereocenters. The standard InChI is InChI=1S/C57H67F6N9O8/c1-31(2)19-45(53(78)69-46(25-37-29-65-44-16-11-10-15-41(37)44)52(77)66-28-36-22-38(56(58,59)60)26-39(23-36)57(61,62)63)70-54(79)47-17-12-18-72(47)55(80)48(24-35-13-8-7-9-14-35)71(6)49(74)30-67-50(75)34(5)68-51(76)43(64)27-42-32(3)20-40(73)21-33(42)4/h7-11,13-16,20-23,26,29,31,34,43,45-48,65,73H,12,17-19,24-25,27-28,30,64H2,1-6H3,(H,66,77)(H,67,75)(H,68,76)(H,69,78)(H,70,79)/t34-,43-,45-,46-,47-,48-/m0/s1. The first-order chi connectivity index (χ1) is 37.6. The first-order valence-electron chi connectivity index (χ1n) is 26.1. The zero-order valence-corrected chi connectivity index (χ0v) is 45.1. The summed E-state index contributed by atoms with van der Waals surface area (Å²) in [4.78, 5) is 103. The molecule has 17 nitrogen and oxygen atoms in total. The summed E-state index contributed by atoms with van der Waals surface area (Å²) in [5.74, 6) is -5.31. The van der Waals surface area contributed by atoms with E-state index in [1.54, 1.807) is 101 Å². The molecule has 0 aliphatic carbocycles. The van der Waals surface area contributed by atoms with Gasteiger partial charge in [0.1, 0.15) is 36.0 Å². The third-order valence-electron chi connectivity index (χ3n) is 14.1. The quantitative estimate of drug-likeness (QED) is 0.0398. The molecule has 5 aromatic rings. The molecule has 0 radical (unpaired) electrons. The highest BCUT2D eigenvalue weighted by Crippen LogP contribution is 2.36. The summed E-state index contributed by atoms with van der Waals surface area (Å²) < 4.78 is 82.3. The summed E-state index contributed by atoms with van der Waals surface area (Å²) in [5, 5.41) is 23.4. The molecule has 1 saturated heterocycles. The Labute approximate surface area is 458 Å².